The Morgan fingerprint density at radius 1 is 1.33 bits per heavy atom. The van der Waals surface area contributed by atoms with Crippen LogP contribution in [-0.4, -0.2) is 35.6 Å². The van der Waals surface area contributed by atoms with Gasteiger partial charge in [0.25, 0.3) is 0 Å². The van der Waals surface area contributed by atoms with Crippen LogP contribution < -0.4 is 5.32 Å². The zero-order valence-corrected chi connectivity index (χ0v) is 11.3. The summed E-state index contributed by atoms with van der Waals surface area (Å²) >= 11 is 0. The topological polar surface area (TPSA) is 15.3 Å². The van der Waals surface area contributed by atoms with Crippen LogP contribution in [0.2, 0.25) is 0 Å². The highest BCUT2D eigenvalue weighted by molar-refractivity contribution is 4.92. The Balaban J connectivity index is 2.57. The Bertz CT molecular complexity index is 199. The van der Waals surface area contributed by atoms with Gasteiger partial charge in [0.15, 0.2) is 0 Å². The molecule has 2 nitrogen and oxygen atoms in total. The smallest absolute Gasteiger partial charge is 0.0253 e. The van der Waals surface area contributed by atoms with Gasteiger partial charge in [-0.3, -0.25) is 4.90 Å². The molecule has 1 rings (SSSR count). The molecular formula is C13H28N2. The van der Waals surface area contributed by atoms with E-state index in [4.69, 9.17) is 0 Å². The number of hydrogen-bond donors (Lipinski definition) is 1. The molecule has 90 valence electrons. The van der Waals surface area contributed by atoms with E-state index in [2.05, 4.69) is 51.8 Å². The van der Waals surface area contributed by atoms with E-state index < -0.39 is 0 Å². The minimum absolute atomic E-state index is 0.276. The van der Waals surface area contributed by atoms with Gasteiger partial charge < -0.3 is 5.32 Å². The van der Waals surface area contributed by atoms with Crippen LogP contribution in [0.15, 0.2) is 0 Å². The largest absolute Gasteiger partial charge is 0.309 e. The number of nitrogens with one attached hydrogen (secondary N) is 1. The van der Waals surface area contributed by atoms with Crippen molar-refractivity contribution < 1.29 is 0 Å². The summed E-state index contributed by atoms with van der Waals surface area (Å²) in [5.41, 5.74) is 0.276. The normalized spacial score (nSPS) is 29.4. The van der Waals surface area contributed by atoms with Crippen molar-refractivity contribution in [1.82, 2.24) is 10.2 Å². The van der Waals surface area contributed by atoms with E-state index in [1.54, 1.807) is 0 Å². The van der Waals surface area contributed by atoms with Gasteiger partial charge in [-0.2, -0.15) is 0 Å². The third-order valence-corrected chi connectivity index (χ3v) is 3.40. The lowest BCUT2D eigenvalue weighted by molar-refractivity contribution is 0.0607. The van der Waals surface area contributed by atoms with Crippen molar-refractivity contribution in [2.24, 2.45) is 5.92 Å². The molecule has 2 heteroatoms. The van der Waals surface area contributed by atoms with Crippen LogP contribution in [0, 0.1) is 5.92 Å². The first kappa shape index (κ1) is 13.0. The third kappa shape index (κ3) is 3.76. The van der Waals surface area contributed by atoms with E-state index in [9.17, 15) is 0 Å². The lowest BCUT2D eigenvalue weighted by Crippen LogP contribution is -2.62. The maximum absolute atomic E-state index is 3.60. The minimum Gasteiger partial charge on any atom is -0.309 e. The lowest BCUT2D eigenvalue weighted by Gasteiger charge is -2.46. The molecular weight excluding hydrogens is 184 g/mol. The Morgan fingerprint density at radius 2 is 1.93 bits per heavy atom. The van der Waals surface area contributed by atoms with Crippen molar-refractivity contribution in [1.29, 1.82) is 0 Å². The van der Waals surface area contributed by atoms with Gasteiger partial charge in [0.1, 0.15) is 0 Å². The molecule has 0 aromatic carbocycles. The molecule has 1 aliphatic heterocycles. The van der Waals surface area contributed by atoms with Crippen molar-refractivity contribution in [3.05, 3.63) is 0 Å². The lowest BCUT2D eigenvalue weighted by atomic mass is 9.95. The van der Waals surface area contributed by atoms with E-state index in [-0.39, 0.29) is 5.54 Å². The molecule has 0 radical (unpaired) electrons. The zero-order chi connectivity index (χ0) is 11.6. The number of nitrogens with zero attached hydrogens (tertiary/aromatic N) is 1. The average Bonchev–Trinajstić information content (AvgIpc) is 2.08. The fraction of sp³-hybridized carbons (Fsp3) is 1.00. The van der Waals surface area contributed by atoms with Crippen molar-refractivity contribution in [3.63, 3.8) is 0 Å². The summed E-state index contributed by atoms with van der Waals surface area (Å²) in [5.74, 6) is 0.796. The second-order valence-electron chi connectivity index (χ2n) is 6.26. The first-order valence-corrected chi connectivity index (χ1v) is 6.32. The predicted molar refractivity (Wildman–Crippen MR) is 67.2 cm³/mol. The highest BCUT2D eigenvalue weighted by Crippen LogP contribution is 2.20. The summed E-state index contributed by atoms with van der Waals surface area (Å²) < 4.78 is 0. The highest BCUT2D eigenvalue weighted by atomic mass is 15.3. The quantitative estimate of drug-likeness (QED) is 0.773. The second-order valence-corrected chi connectivity index (χ2v) is 6.26. The van der Waals surface area contributed by atoms with Crippen LogP contribution in [0.5, 0.6) is 0 Å². The number of rotatable bonds is 3. The molecule has 0 bridgehead atoms. The van der Waals surface area contributed by atoms with Gasteiger partial charge in [0, 0.05) is 30.7 Å². The van der Waals surface area contributed by atoms with Crippen LogP contribution in [0.25, 0.3) is 0 Å². The maximum atomic E-state index is 3.60. The van der Waals surface area contributed by atoms with Gasteiger partial charge in [-0.25, -0.2) is 0 Å². The minimum atomic E-state index is 0.276. The molecule has 0 amide bonds. The van der Waals surface area contributed by atoms with E-state index in [0.717, 1.165) is 12.5 Å². The maximum Gasteiger partial charge on any atom is 0.0253 e. The fourth-order valence-electron chi connectivity index (χ4n) is 2.62. The molecule has 0 spiro atoms. The Morgan fingerprint density at radius 3 is 2.47 bits per heavy atom. The van der Waals surface area contributed by atoms with E-state index in [0.29, 0.717) is 12.1 Å². The summed E-state index contributed by atoms with van der Waals surface area (Å²) in [6.07, 6.45) is 1.31. The fourth-order valence-corrected chi connectivity index (χ4v) is 2.62. The average molecular weight is 212 g/mol. The van der Waals surface area contributed by atoms with E-state index >= 15 is 0 Å². The van der Waals surface area contributed by atoms with Crippen LogP contribution in [0.4, 0.5) is 0 Å². The Hall–Kier alpha value is -0.0800. The van der Waals surface area contributed by atoms with E-state index in [1.165, 1.54) is 13.0 Å². The first-order valence-electron chi connectivity index (χ1n) is 6.32. The molecule has 0 aliphatic carbocycles. The van der Waals surface area contributed by atoms with Crippen LogP contribution in [-0.2, 0) is 0 Å². The molecule has 2 atom stereocenters. The standard InChI is InChI=1S/C13H28N2/c1-10(2)7-11(3)15-9-13(5,6)14-8-12(15)4/h10-12,14H,7-9H2,1-6H3. The Kier molecular flexibility index (Phi) is 4.19. The third-order valence-electron chi connectivity index (χ3n) is 3.40. The van der Waals surface area contributed by atoms with Gasteiger partial charge in [0.2, 0.25) is 0 Å². The molecule has 15 heavy (non-hydrogen) atoms. The molecule has 1 saturated heterocycles. The monoisotopic (exact) mass is 212 g/mol. The molecule has 0 aromatic rings. The predicted octanol–water partition coefficient (Wildman–Crippen LogP) is 2.49. The summed E-state index contributed by atoms with van der Waals surface area (Å²) in [4.78, 5) is 2.66. The van der Waals surface area contributed by atoms with Gasteiger partial charge in [-0.1, -0.05) is 13.8 Å². The molecule has 0 aromatic heterocycles. The summed E-state index contributed by atoms with van der Waals surface area (Å²) in [6, 6.07) is 1.38. The van der Waals surface area contributed by atoms with Crippen molar-refractivity contribution in [3.8, 4) is 0 Å². The van der Waals surface area contributed by atoms with E-state index in [1.807, 2.05) is 0 Å². The van der Waals surface area contributed by atoms with Gasteiger partial charge in [-0.05, 0) is 40.0 Å². The highest BCUT2D eigenvalue weighted by Gasteiger charge is 2.32. The zero-order valence-electron chi connectivity index (χ0n) is 11.3. The van der Waals surface area contributed by atoms with Gasteiger partial charge >= 0.3 is 0 Å². The molecule has 1 N–H and O–H groups in total. The van der Waals surface area contributed by atoms with Crippen LogP contribution >= 0.6 is 0 Å². The molecule has 1 fully saturated rings. The molecule has 2 unspecified atom stereocenters. The molecule has 0 saturated carbocycles. The second kappa shape index (κ2) is 4.84. The molecule has 1 aliphatic rings. The van der Waals surface area contributed by atoms with Crippen molar-refractivity contribution >= 4 is 0 Å². The van der Waals surface area contributed by atoms with Crippen molar-refractivity contribution in [2.45, 2.75) is 65.6 Å². The van der Waals surface area contributed by atoms with Gasteiger partial charge in [0.05, 0.1) is 0 Å². The van der Waals surface area contributed by atoms with Gasteiger partial charge in [-0.15, -0.1) is 0 Å². The summed E-state index contributed by atoms with van der Waals surface area (Å²) in [6.45, 7) is 16.2. The summed E-state index contributed by atoms with van der Waals surface area (Å²) in [5, 5.41) is 3.60. The van der Waals surface area contributed by atoms with Crippen molar-refractivity contribution in [2.75, 3.05) is 13.1 Å². The SMILES string of the molecule is CC(C)CC(C)N1CC(C)(C)NCC1C. The first-order chi connectivity index (χ1) is 6.82. The van der Waals surface area contributed by atoms with Crippen LogP contribution in [0.1, 0.15) is 48.0 Å². The molecule has 1 heterocycles. The Labute approximate surface area is 95.4 Å². The number of hydrogen-bond acceptors (Lipinski definition) is 2. The van der Waals surface area contributed by atoms with Crippen LogP contribution in [0.3, 0.4) is 0 Å². The number of piperazine rings is 1. The summed E-state index contributed by atoms with van der Waals surface area (Å²) in [7, 11) is 0.